The quantitative estimate of drug-likeness (QED) is 0.345. The molecule has 13 heavy (non-hydrogen) atoms. The zero-order valence-corrected chi connectivity index (χ0v) is 10.9. The molecule has 0 radical (unpaired) electrons. The SMILES string of the molecule is C/C=C(\C[B-](F)(F)F)C(=O)OC.[K+]. The molecule has 2 nitrogen and oxygen atoms in total. The van der Waals surface area contributed by atoms with Crippen molar-refractivity contribution in [2.45, 2.75) is 13.2 Å². The number of rotatable bonds is 3. The largest absolute Gasteiger partial charge is 1.00 e. The average molecular weight is 220 g/mol. The number of methoxy groups -OCH3 is 1. The van der Waals surface area contributed by atoms with Gasteiger partial charge in [-0.2, -0.15) is 0 Å². The van der Waals surface area contributed by atoms with Crippen LogP contribution in [0.4, 0.5) is 12.9 Å². The first-order chi connectivity index (χ1) is 5.40. The number of hydrogen-bond acceptors (Lipinski definition) is 2. The molecule has 0 saturated heterocycles. The van der Waals surface area contributed by atoms with Crippen LogP contribution < -0.4 is 51.4 Å². The minimum Gasteiger partial charge on any atom is -0.466 e. The van der Waals surface area contributed by atoms with Gasteiger partial charge >= 0.3 is 64.3 Å². The van der Waals surface area contributed by atoms with Crippen molar-refractivity contribution in [1.29, 1.82) is 0 Å². The normalized spacial score (nSPS) is 11.9. The molecule has 0 saturated carbocycles. The van der Waals surface area contributed by atoms with Gasteiger partial charge < -0.3 is 17.7 Å². The summed E-state index contributed by atoms with van der Waals surface area (Å²) in [4.78, 5) is 10.6. The molecule has 0 aromatic rings. The van der Waals surface area contributed by atoms with Crippen LogP contribution in [0.5, 0.6) is 0 Å². The van der Waals surface area contributed by atoms with Gasteiger partial charge in [0.2, 0.25) is 0 Å². The number of ether oxygens (including phenoxy) is 1. The average Bonchev–Trinajstić information content (AvgIpc) is 1.97. The molecule has 0 atom stereocenters. The summed E-state index contributed by atoms with van der Waals surface area (Å²) in [5, 5.41) is 0. The molecule has 0 aliphatic rings. The maximum absolute atomic E-state index is 11.8. The first-order valence-corrected chi connectivity index (χ1v) is 3.35. The maximum atomic E-state index is 11.8. The molecule has 0 spiro atoms. The Kier molecular flexibility index (Phi) is 8.76. The summed E-state index contributed by atoms with van der Waals surface area (Å²) in [7, 11) is 1.05. The Balaban J connectivity index is 0. The topological polar surface area (TPSA) is 26.3 Å². The van der Waals surface area contributed by atoms with E-state index in [0.717, 1.165) is 13.2 Å². The first kappa shape index (κ1) is 16.1. The molecule has 0 heterocycles. The van der Waals surface area contributed by atoms with E-state index in [4.69, 9.17) is 0 Å². The van der Waals surface area contributed by atoms with Crippen molar-refractivity contribution < 1.29 is 73.9 Å². The van der Waals surface area contributed by atoms with Crippen LogP contribution in [0.15, 0.2) is 11.6 Å². The van der Waals surface area contributed by atoms with Gasteiger partial charge in [-0.15, -0.1) is 0 Å². The second-order valence-corrected chi connectivity index (χ2v) is 2.22. The molecule has 0 aliphatic carbocycles. The van der Waals surface area contributed by atoms with Gasteiger partial charge in [0.25, 0.3) is 0 Å². The Morgan fingerprint density at radius 2 is 1.92 bits per heavy atom. The Labute approximate surface area is 117 Å². The molecule has 0 rings (SSSR count). The van der Waals surface area contributed by atoms with Gasteiger partial charge in [0.05, 0.1) is 7.11 Å². The summed E-state index contributed by atoms with van der Waals surface area (Å²) in [6.45, 7) is -3.59. The molecule has 70 valence electrons. The van der Waals surface area contributed by atoms with E-state index in [1.54, 1.807) is 0 Å². The van der Waals surface area contributed by atoms with Crippen molar-refractivity contribution in [3.8, 4) is 0 Å². The summed E-state index contributed by atoms with van der Waals surface area (Å²) in [6.07, 6.45) is -0.0652. The molecule has 0 unspecified atom stereocenters. The van der Waals surface area contributed by atoms with Gasteiger partial charge in [0.1, 0.15) is 0 Å². The first-order valence-electron chi connectivity index (χ1n) is 3.35. The van der Waals surface area contributed by atoms with E-state index in [0.29, 0.717) is 0 Å². The van der Waals surface area contributed by atoms with Gasteiger partial charge in [-0.25, -0.2) is 4.79 Å². The number of hydrogen-bond donors (Lipinski definition) is 0. The summed E-state index contributed by atoms with van der Waals surface area (Å²) >= 11 is 0. The van der Waals surface area contributed by atoms with Gasteiger partial charge in [-0.05, 0) is 6.92 Å². The Morgan fingerprint density at radius 1 is 1.46 bits per heavy atom. The van der Waals surface area contributed by atoms with Crippen LogP contribution in [-0.4, -0.2) is 20.1 Å². The molecule has 0 amide bonds. The van der Waals surface area contributed by atoms with Crippen molar-refractivity contribution in [1.82, 2.24) is 0 Å². The minimum atomic E-state index is -4.96. The number of allylic oxidation sites excluding steroid dienone is 1. The molecular formula is C6H9BF3KO2. The second kappa shape index (κ2) is 7.05. The molecular weight excluding hydrogens is 211 g/mol. The van der Waals surface area contributed by atoms with Crippen LogP contribution in [-0.2, 0) is 9.53 Å². The van der Waals surface area contributed by atoms with Crippen LogP contribution >= 0.6 is 0 Å². The molecule has 0 aromatic carbocycles. The van der Waals surface area contributed by atoms with Crippen molar-refractivity contribution in [2.75, 3.05) is 7.11 Å². The Morgan fingerprint density at radius 3 is 2.15 bits per heavy atom. The molecule has 0 aliphatic heterocycles. The zero-order chi connectivity index (χ0) is 9.78. The second-order valence-electron chi connectivity index (χ2n) is 2.22. The van der Waals surface area contributed by atoms with E-state index in [2.05, 4.69) is 4.74 Å². The summed E-state index contributed by atoms with van der Waals surface area (Å²) in [5.74, 6) is -0.920. The minimum absolute atomic E-state index is 0. The fraction of sp³-hybridized carbons (Fsp3) is 0.500. The van der Waals surface area contributed by atoms with Crippen LogP contribution in [0.3, 0.4) is 0 Å². The maximum Gasteiger partial charge on any atom is 1.00 e. The predicted molar refractivity (Wildman–Crippen MR) is 39.7 cm³/mol. The number of carbonyl (C=O) groups is 1. The molecule has 0 fully saturated rings. The summed E-state index contributed by atoms with van der Waals surface area (Å²) < 4.78 is 39.6. The van der Waals surface area contributed by atoms with E-state index in [1.165, 1.54) is 6.92 Å². The summed E-state index contributed by atoms with van der Waals surface area (Å²) in [5.41, 5.74) is -0.343. The predicted octanol–water partition coefficient (Wildman–Crippen LogP) is -1.04. The third-order valence-corrected chi connectivity index (χ3v) is 1.25. The summed E-state index contributed by atoms with van der Waals surface area (Å²) in [6, 6.07) is 0. The fourth-order valence-electron chi connectivity index (χ4n) is 0.699. The van der Waals surface area contributed by atoms with E-state index in [-0.39, 0.29) is 57.0 Å². The third kappa shape index (κ3) is 7.75. The van der Waals surface area contributed by atoms with Gasteiger partial charge in [-0.3, -0.25) is 0 Å². The fourth-order valence-corrected chi connectivity index (χ4v) is 0.699. The smallest absolute Gasteiger partial charge is 0.466 e. The molecule has 0 N–H and O–H groups in total. The van der Waals surface area contributed by atoms with E-state index in [9.17, 15) is 17.7 Å². The third-order valence-electron chi connectivity index (χ3n) is 1.25. The van der Waals surface area contributed by atoms with Crippen LogP contribution in [0, 0.1) is 0 Å². The molecule has 0 aromatic heterocycles. The molecule has 7 heteroatoms. The number of esters is 1. The Hall–Kier alpha value is 0.701. The van der Waals surface area contributed by atoms with Crippen molar-refractivity contribution in [2.24, 2.45) is 0 Å². The number of halogens is 3. The molecule has 0 bridgehead atoms. The van der Waals surface area contributed by atoms with E-state index in [1.807, 2.05) is 0 Å². The van der Waals surface area contributed by atoms with Crippen molar-refractivity contribution in [3.63, 3.8) is 0 Å². The van der Waals surface area contributed by atoms with Gasteiger partial charge in [-0.1, -0.05) is 12.4 Å². The number of carbonyl (C=O) groups excluding carboxylic acids is 1. The van der Waals surface area contributed by atoms with E-state index >= 15 is 0 Å². The van der Waals surface area contributed by atoms with Crippen LogP contribution in [0.25, 0.3) is 0 Å². The van der Waals surface area contributed by atoms with Crippen molar-refractivity contribution in [3.05, 3.63) is 11.6 Å². The van der Waals surface area contributed by atoms with Gasteiger partial charge in [0.15, 0.2) is 0 Å². The van der Waals surface area contributed by atoms with Crippen LogP contribution in [0.2, 0.25) is 6.32 Å². The standard InChI is InChI=1S/C6H9BF3O2.K/c1-3-5(6(11)12-2)4-7(8,9)10;/h3H,4H2,1-2H3;/q-1;+1/b5-3+;. The van der Waals surface area contributed by atoms with Crippen LogP contribution in [0.1, 0.15) is 6.92 Å². The van der Waals surface area contributed by atoms with Crippen molar-refractivity contribution >= 4 is 12.9 Å². The Bertz CT molecular complexity index is 203. The monoisotopic (exact) mass is 220 g/mol. The van der Waals surface area contributed by atoms with E-state index < -0.39 is 19.3 Å². The van der Waals surface area contributed by atoms with Gasteiger partial charge in [0, 0.05) is 5.57 Å². The zero-order valence-electron chi connectivity index (χ0n) is 7.81.